The minimum atomic E-state index is -0.0347. The summed E-state index contributed by atoms with van der Waals surface area (Å²) in [5.74, 6) is 0.344. The van der Waals surface area contributed by atoms with Gasteiger partial charge in [0.05, 0.1) is 7.11 Å². The third-order valence-electron chi connectivity index (χ3n) is 3.62. The zero-order valence-electron chi connectivity index (χ0n) is 11.3. The minimum Gasteiger partial charge on any atom is -0.504 e. The number of piperidine rings is 1. The van der Waals surface area contributed by atoms with Gasteiger partial charge >= 0.3 is 0 Å². The molecule has 1 saturated heterocycles. The second kappa shape index (κ2) is 5.93. The highest BCUT2D eigenvalue weighted by Crippen LogP contribution is 2.27. The van der Waals surface area contributed by atoms with Crippen LogP contribution < -0.4 is 10.1 Å². The molecule has 5 heteroatoms. The Morgan fingerprint density at radius 1 is 1.42 bits per heavy atom. The number of likely N-dealkylation sites (tertiary alicyclic amines) is 1. The molecule has 19 heavy (non-hydrogen) atoms. The molecular formula is C14H20N2O3. The third-order valence-corrected chi connectivity index (χ3v) is 3.62. The molecule has 1 amide bonds. The van der Waals surface area contributed by atoms with Crippen LogP contribution in [0.4, 0.5) is 0 Å². The van der Waals surface area contributed by atoms with Crippen LogP contribution in [-0.4, -0.2) is 49.2 Å². The largest absolute Gasteiger partial charge is 0.504 e. The molecule has 1 fully saturated rings. The number of nitrogens with zero attached hydrogens (tertiary/aromatic N) is 1. The smallest absolute Gasteiger partial charge is 0.253 e. The van der Waals surface area contributed by atoms with Gasteiger partial charge in [-0.1, -0.05) is 0 Å². The third kappa shape index (κ3) is 2.98. The number of phenols is 1. The Labute approximate surface area is 113 Å². The van der Waals surface area contributed by atoms with Crippen molar-refractivity contribution in [1.29, 1.82) is 0 Å². The summed E-state index contributed by atoms with van der Waals surface area (Å²) in [6.45, 7) is 1.49. The molecule has 1 heterocycles. The van der Waals surface area contributed by atoms with Gasteiger partial charge in [0.25, 0.3) is 5.91 Å². The number of methoxy groups -OCH3 is 1. The van der Waals surface area contributed by atoms with Gasteiger partial charge in [-0.05, 0) is 38.1 Å². The number of hydrogen-bond acceptors (Lipinski definition) is 4. The van der Waals surface area contributed by atoms with Crippen molar-refractivity contribution in [2.75, 3.05) is 27.2 Å². The van der Waals surface area contributed by atoms with Crippen LogP contribution in [0, 0.1) is 0 Å². The Hall–Kier alpha value is -1.75. The topological polar surface area (TPSA) is 61.8 Å². The van der Waals surface area contributed by atoms with Crippen LogP contribution in [0.5, 0.6) is 11.5 Å². The monoisotopic (exact) mass is 264 g/mol. The van der Waals surface area contributed by atoms with Crippen molar-refractivity contribution in [3.05, 3.63) is 23.8 Å². The van der Waals surface area contributed by atoms with Crippen molar-refractivity contribution >= 4 is 5.91 Å². The molecule has 2 N–H and O–H groups in total. The number of carbonyl (C=O) groups excluding carboxylic acids is 1. The summed E-state index contributed by atoms with van der Waals surface area (Å²) in [5, 5.41) is 12.9. The van der Waals surface area contributed by atoms with Crippen molar-refractivity contribution < 1.29 is 14.6 Å². The van der Waals surface area contributed by atoms with Gasteiger partial charge in [-0.15, -0.1) is 0 Å². The lowest BCUT2D eigenvalue weighted by Crippen LogP contribution is -2.43. The maximum atomic E-state index is 12.3. The molecule has 5 nitrogen and oxygen atoms in total. The van der Waals surface area contributed by atoms with Gasteiger partial charge in [-0.2, -0.15) is 0 Å². The molecule has 0 radical (unpaired) electrons. The Morgan fingerprint density at radius 3 is 2.63 bits per heavy atom. The highest BCUT2D eigenvalue weighted by molar-refractivity contribution is 5.95. The molecule has 2 rings (SSSR count). The van der Waals surface area contributed by atoms with E-state index in [9.17, 15) is 9.90 Å². The zero-order valence-corrected chi connectivity index (χ0v) is 11.3. The number of carbonyl (C=O) groups is 1. The number of amides is 1. The van der Waals surface area contributed by atoms with Crippen LogP contribution >= 0.6 is 0 Å². The van der Waals surface area contributed by atoms with Crippen LogP contribution in [-0.2, 0) is 0 Å². The maximum Gasteiger partial charge on any atom is 0.253 e. The normalized spacial score (nSPS) is 16.4. The van der Waals surface area contributed by atoms with E-state index in [1.807, 2.05) is 11.9 Å². The summed E-state index contributed by atoms with van der Waals surface area (Å²) in [5.41, 5.74) is 0.501. The number of ether oxygens (including phenoxy) is 1. The summed E-state index contributed by atoms with van der Waals surface area (Å²) in [4.78, 5) is 14.1. The number of nitrogens with one attached hydrogen (secondary N) is 1. The van der Waals surface area contributed by atoms with E-state index in [0.717, 1.165) is 25.9 Å². The molecule has 0 saturated carbocycles. The Bertz CT molecular complexity index is 454. The summed E-state index contributed by atoms with van der Waals surface area (Å²) in [7, 11) is 3.43. The lowest BCUT2D eigenvalue weighted by molar-refractivity contribution is 0.0707. The van der Waals surface area contributed by atoms with Crippen molar-refractivity contribution in [3.63, 3.8) is 0 Å². The number of rotatable bonds is 3. The highest BCUT2D eigenvalue weighted by Gasteiger charge is 2.23. The Balaban J connectivity index is 2.06. The fourth-order valence-corrected chi connectivity index (χ4v) is 2.38. The van der Waals surface area contributed by atoms with Crippen molar-refractivity contribution in [2.45, 2.75) is 18.9 Å². The van der Waals surface area contributed by atoms with E-state index in [0.29, 0.717) is 17.4 Å². The van der Waals surface area contributed by atoms with Crippen LogP contribution in [0.25, 0.3) is 0 Å². The van der Waals surface area contributed by atoms with E-state index in [-0.39, 0.29) is 11.7 Å². The molecule has 0 aromatic heterocycles. The molecule has 1 aromatic rings. The lowest BCUT2D eigenvalue weighted by Gasteiger charge is -2.31. The lowest BCUT2D eigenvalue weighted by atomic mass is 10.0. The predicted octanol–water partition coefficient (Wildman–Crippen LogP) is 1.22. The summed E-state index contributed by atoms with van der Waals surface area (Å²) < 4.78 is 4.97. The van der Waals surface area contributed by atoms with Gasteiger partial charge in [0.2, 0.25) is 0 Å². The highest BCUT2D eigenvalue weighted by atomic mass is 16.5. The van der Waals surface area contributed by atoms with Gasteiger partial charge in [-0.25, -0.2) is 0 Å². The molecule has 1 aliphatic rings. The van der Waals surface area contributed by atoms with Crippen molar-refractivity contribution in [2.24, 2.45) is 0 Å². The molecule has 0 unspecified atom stereocenters. The second-order valence-corrected chi connectivity index (χ2v) is 4.74. The summed E-state index contributed by atoms with van der Waals surface area (Å²) >= 11 is 0. The van der Waals surface area contributed by atoms with Crippen LogP contribution in [0.3, 0.4) is 0 Å². The number of hydrogen-bond donors (Lipinski definition) is 2. The van der Waals surface area contributed by atoms with E-state index < -0.39 is 0 Å². The summed E-state index contributed by atoms with van der Waals surface area (Å²) in [6.07, 6.45) is 1.93. The van der Waals surface area contributed by atoms with Crippen LogP contribution in [0.15, 0.2) is 18.2 Å². The van der Waals surface area contributed by atoms with E-state index in [1.54, 1.807) is 12.1 Å². The molecule has 0 spiro atoms. The van der Waals surface area contributed by atoms with Gasteiger partial charge in [-0.3, -0.25) is 4.79 Å². The zero-order chi connectivity index (χ0) is 13.8. The van der Waals surface area contributed by atoms with E-state index in [1.165, 1.54) is 13.2 Å². The van der Waals surface area contributed by atoms with E-state index in [4.69, 9.17) is 4.74 Å². The predicted molar refractivity (Wildman–Crippen MR) is 72.6 cm³/mol. The number of benzene rings is 1. The molecule has 104 valence electrons. The first-order chi connectivity index (χ1) is 9.15. The number of phenolic OH excluding ortho intramolecular Hbond substituents is 1. The fraction of sp³-hybridized carbons (Fsp3) is 0.500. The van der Waals surface area contributed by atoms with Gasteiger partial charge in [0.15, 0.2) is 11.5 Å². The van der Waals surface area contributed by atoms with E-state index in [2.05, 4.69) is 5.32 Å². The Morgan fingerprint density at radius 2 is 2.11 bits per heavy atom. The van der Waals surface area contributed by atoms with Gasteiger partial charge in [0, 0.05) is 24.7 Å². The van der Waals surface area contributed by atoms with Crippen LogP contribution in [0.2, 0.25) is 0 Å². The van der Waals surface area contributed by atoms with Crippen LogP contribution in [0.1, 0.15) is 23.2 Å². The standard InChI is InChI=1S/C14H20N2O3/c1-15-11-5-7-16(8-6-11)14(18)10-3-4-13(19-2)12(17)9-10/h3-4,9,11,15,17H,5-8H2,1-2H3. The molecule has 0 atom stereocenters. The average molecular weight is 264 g/mol. The molecule has 1 aromatic carbocycles. The van der Waals surface area contributed by atoms with Crippen molar-refractivity contribution in [3.8, 4) is 11.5 Å². The fourth-order valence-electron chi connectivity index (χ4n) is 2.38. The molecule has 1 aliphatic heterocycles. The average Bonchev–Trinajstić information content (AvgIpc) is 2.46. The molecule has 0 bridgehead atoms. The molecular weight excluding hydrogens is 244 g/mol. The van der Waals surface area contributed by atoms with Gasteiger partial charge in [0.1, 0.15) is 0 Å². The SMILES string of the molecule is CNC1CCN(C(=O)c2ccc(OC)c(O)c2)CC1. The minimum absolute atomic E-state index is 0.00143. The first-order valence-corrected chi connectivity index (χ1v) is 6.49. The van der Waals surface area contributed by atoms with Crippen molar-refractivity contribution in [1.82, 2.24) is 10.2 Å². The number of aromatic hydroxyl groups is 1. The summed E-state index contributed by atoms with van der Waals surface area (Å²) in [6, 6.07) is 5.26. The maximum absolute atomic E-state index is 12.3. The van der Waals surface area contributed by atoms with Gasteiger partial charge < -0.3 is 20.1 Å². The first kappa shape index (κ1) is 13.7. The Kier molecular flexibility index (Phi) is 4.27. The quantitative estimate of drug-likeness (QED) is 0.862. The molecule has 0 aliphatic carbocycles. The second-order valence-electron chi connectivity index (χ2n) is 4.74. The van der Waals surface area contributed by atoms with E-state index >= 15 is 0 Å². The first-order valence-electron chi connectivity index (χ1n) is 6.49.